The minimum absolute atomic E-state index is 0.109. The summed E-state index contributed by atoms with van der Waals surface area (Å²) in [4.78, 5) is 32.0. The summed E-state index contributed by atoms with van der Waals surface area (Å²) in [5.74, 6) is 3.39. The van der Waals surface area contributed by atoms with Gasteiger partial charge in [-0.2, -0.15) is 0 Å². The topological polar surface area (TPSA) is 93.3 Å². The number of fused-ring (bicyclic) bond motifs is 1. The van der Waals surface area contributed by atoms with E-state index in [0.29, 0.717) is 33.5 Å². The van der Waals surface area contributed by atoms with Crippen LogP contribution in [0.4, 0.5) is 5.82 Å². The zero-order valence-corrected chi connectivity index (χ0v) is 15.1. The van der Waals surface area contributed by atoms with Crippen LogP contribution < -0.4 is 20.3 Å². The Bertz CT molecular complexity index is 948. The van der Waals surface area contributed by atoms with Crippen LogP contribution in [0, 0.1) is 12.3 Å². The predicted octanol–water partition coefficient (Wildman–Crippen LogP) is 1.99. The molecule has 0 spiro atoms. The molecular weight excluding hydrogens is 354 g/mol. The molecule has 1 unspecified atom stereocenters. The lowest BCUT2D eigenvalue weighted by Crippen LogP contribution is -2.31. The summed E-state index contributed by atoms with van der Waals surface area (Å²) in [7, 11) is 3.06. The lowest BCUT2D eigenvalue weighted by molar-refractivity contribution is -0.116. The molecule has 2 aromatic rings. The number of rotatable bonds is 5. The molecule has 26 heavy (non-hydrogen) atoms. The Hall–Kier alpha value is -2.92. The van der Waals surface area contributed by atoms with Gasteiger partial charge in [-0.15, -0.1) is 6.42 Å². The number of thioether (sulfide) groups is 1. The van der Waals surface area contributed by atoms with E-state index in [2.05, 4.69) is 21.2 Å². The fraction of sp³-hybridized carbons (Fsp3) is 0.278. The van der Waals surface area contributed by atoms with Crippen LogP contribution in [0.1, 0.15) is 23.5 Å². The second kappa shape index (κ2) is 7.54. The Kier molecular flexibility index (Phi) is 5.19. The molecule has 8 heteroatoms. The molecule has 7 nitrogen and oxygen atoms in total. The zero-order chi connectivity index (χ0) is 18.7. The van der Waals surface area contributed by atoms with Crippen LogP contribution in [-0.2, 0) is 4.79 Å². The third-order valence-corrected chi connectivity index (χ3v) is 4.81. The fourth-order valence-corrected chi connectivity index (χ4v) is 3.52. The summed E-state index contributed by atoms with van der Waals surface area (Å²) in [6.07, 6.45) is 5.35. The van der Waals surface area contributed by atoms with E-state index in [0.717, 1.165) is 0 Å². The molecule has 0 bridgehead atoms. The van der Waals surface area contributed by atoms with Crippen molar-refractivity contribution in [3.05, 3.63) is 39.7 Å². The van der Waals surface area contributed by atoms with Gasteiger partial charge in [-0.3, -0.25) is 9.59 Å². The molecule has 0 radical (unpaired) electrons. The lowest BCUT2D eigenvalue weighted by atomic mass is 9.86. The van der Waals surface area contributed by atoms with Crippen molar-refractivity contribution in [1.29, 1.82) is 0 Å². The van der Waals surface area contributed by atoms with Crippen molar-refractivity contribution in [2.45, 2.75) is 17.5 Å². The molecule has 1 aromatic carbocycles. The summed E-state index contributed by atoms with van der Waals surface area (Å²) >= 11 is 1.22. The number of H-pyrrole nitrogens is 1. The SMILES string of the molecule is C#CCSc1nc2c(c(=O)[nH]1)C(c1cccc(OC)c1OC)CC(=O)N2. The van der Waals surface area contributed by atoms with Gasteiger partial charge in [0.2, 0.25) is 5.91 Å². The van der Waals surface area contributed by atoms with Crippen LogP contribution in [0.5, 0.6) is 11.5 Å². The third-order valence-electron chi connectivity index (χ3n) is 4.03. The quantitative estimate of drug-likeness (QED) is 0.474. The van der Waals surface area contributed by atoms with Gasteiger partial charge in [0.15, 0.2) is 16.7 Å². The van der Waals surface area contributed by atoms with E-state index in [1.807, 2.05) is 6.07 Å². The van der Waals surface area contributed by atoms with Crippen molar-refractivity contribution in [2.24, 2.45) is 0 Å². The van der Waals surface area contributed by atoms with Crippen LogP contribution in [0.25, 0.3) is 0 Å². The van der Waals surface area contributed by atoms with E-state index in [4.69, 9.17) is 15.9 Å². The highest BCUT2D eigenvalue weighted by molar-refractivity contribution is 7.99. The molecule has 1 aliphatic heterocycles. The number of amides is 1. The molecule has 1 atom stereocenters. The molecule has 0 saturated heterocycles. The largest absolute Gasteiger partial charge is 0.493 e. The second-order valence-electron chi connectivity index (χ2n) is 5.51. The van der Waals surface area contributed by atoms with Gasteiger partial charge in [-0.05, 0) is 6.07 Å². The Balaban J connectivity index is 2.15. The third kappa shape index (κ3) is 3.26. The van der Waals surface area contributed by atoms with Crippen molar-refractivity contribution in [3.8, 4) is 23.8 Å². The monoisotopic (exact) mass is 371 g/mol. The van der Waals surface area contributed by atoms with Gasteiger partial charge < -0.3 is 19.8 Å². The molecule has 2 N–H and O–H groups in total. The van der Waals surface area contributed by atoms with Gasteiger partial charge in [0.1, 0.15) is 5.82 Å². The fourth-order valence-electron chi connectivity index (χ4n) is 2.98. The van der Waals surface area contributed by atoms with Crippen molar-refractivity contribution in [3.63, 3.8) is 0 Å². The first kappa shape index (κ1) is 17.9. The minimum Gasteiger partial charge on any atom is -0.493 e. The predicted molar refractivity (Wildman–Crippen MR) is 99.1 cm³/mol. The van der Waals surface area contributed by atoms with E-state index >= 15 is 0 Å². The molecule has 1 aromatic heterocycles. The Morgan fingerprint density at radius 1 is 1.35 bits per heavy atom. The number of hydrogen-bond acceptors (Lipinski definition) is 6. The number of nitrogens with zero attached hydrogens (tertiary/aromatic N) is 1. The summed E-state index contributed by atoms with van der Waals surface area (Å²) in [6, 6.07) is 5.37. The number of para-hydroxylation sites is 1. The number of nitrogens with one attached hydrogen (secondary N) is 2. The van der Waals surface area contributed by atoms with Crippen LogP contribution >= 0.6 is 11.8 Å². The van der Waals surface area contributed by atoms with Gasteiger partial charge in [-0.25, -0.2) is 4.98 Å². The molecule has 2 heterocycles. The van der Waals surface area contributed by atoms with Crippen molar-refractivity contribution in [1.82, 2.24) is 9.97 Å². The van der Waals surface area contributed by atoms with Crippen LogP contribution in [0.3, 0.4) is 0 Å². The number of hydrogen-bond donors (Lipinski definition) is 2. The molecule has 134 valence electrons. The van der Waals surface area contributed by atoms with Crippen LogP contribution in [-0.4, -0.2) is 35.8 Å². The summed E-state index contributed by atoms with van der Waals surface area (Å²) < 4.78 is 10.8. The molecule has 3 rings (SSSR count). The van der Waals surface area contributed by atoms with Gasteiger partial charge in [-0.1, -0.05) is 29.8 Å². The summed E-state index contributed by atoms with van der Waals surface area (Å²) in [6.45, 7) is 0. The van der Waals surface area contributed by atoms with E-state index in [1.54, 1.807) is 12.1 Å². The van der Waals surface area contributed by atoms with Crippen LogP contribution in [0.2, 0.25) is 0 Å². The second-order valence-corrected chi connectivity index (χ2v) is 6.48. The molecule has 1 amide bonds. The van der Waals surface area contributed by atoms with Crippen molar-refractivity contribution >= 4 is 23.5 Å². The highest BCUT2D eigenvalue weighted by atomic mass is 32.2. The molecule has 1 aliphatic rings. The first-order chi connectivity index (χ1) is 12.6. The van der Waals surface area contributed by atoms with E-state index in [1.165, 1.54) is 26.0 Å². The highest BCUT2D eigenvalue weighted by Gasteiger charge is 2.33. The summed E-state index contributed by atoms with van der Waals surface area (Å²) in [5.41, 5.74) is 0.768. The van der Waals surface area contributed by atoms with E-state index in [9.17, 15) is 9.59 Å². The number of aromatic amines is 1. The normalized spacial score (nSPS) is 15.6. The first-order valence-corrected chi connectivity index (χ1v) is 8.78. The highest BCUT2D eigenvalue weighted by Crippen LogP contribution is 2.42. The number of aromatic nitrogens is 2. The van der Waals surface area contributed by atoms with E-state index in [-0.39, 0.29) is 23.7 Å². The van der Waals surface area contributed by atoms with Crippen molar-refractivity contribution < 1.29 is 14.3 Å². The number of carbonyl (C=O) groups excluding carboxylic acids is 1. The zero-order valence-electron chi connectivity index (χ0n) is 14.3. The average Bonchev–Trinajstić information content (AvgIpc) is 2.64. The standard InChI is InChI=1S/C18H17N3O4S/c1-4-8-26-18-20-16-14(17(23)21-18)11(9-13(22)19-16)10-6-5-7-12(24-2)15(10)25-3/h1,5-7,11H,8-9H2,2-3H3,(H2,19,20,21,22,23). The van der Waals surface area contributed by atoms with Gasteiger partial charge in [0.05, 0.1) is 25.5 Å². The van der Waals surface area contributed by atoms with Gasteiger partial charge >= 0.3 is 0 Å². The molecular formula is C18H17N3O4S. The maximum absolute atomic E-state index is 12.7. The Morgan fingerprint density at radius 3 is 2.85 bits per heavy atom. The smallest absolute Gasteiger partial charge is 0.257 e. The maximum atomic E-state index is 12.7. The molecule has 0 saturated carbocycles. The average molecular weight is 371 g/mol. The number of anilines is 1. The number of benzene rings is 1. The van der Waals surface area contributed by atoms with Crippen molar-refractivity contribution in [2.75, 3.05) is 25.3 Å². The number of methoxy groups -OCH3 is 2. The van der Waals surface area contributed by atoms with Gasteiger partial charge in [0, 0.05) is 17.9 Å². The molecule has 0 fully saturated rings. The van der Waals surface area contributed by atoms with Gasteiger partial charge in [0.25, 0.3) is 5.56 Å². The van der Waals surface area contributed by atoms with Crippen LogP contribution in [0.15, 0.2) is 28.2 Å². The lowest BCUT2D eigenvalue weighted by Gasteiger charge is -2.26. The summed E-state index contributed by atoms with van der Waals surface area (Å²) in [5, 5.41) is 3.04. The first-order valence-electron chi connectivity index (χ1n) is 7.80. The molecule has 0 aliphatic carbocycles. The van der Waals surface area contributed by atoms with E-state index < -0.39 is 5.92 Å². The Labute approximate surface area is 154 Å². The minimum atomic E-state index is -0.494. The number of ether oxygens (including phenoxy) is 2. The maximum Gasteiger partial charge on any atom is 0.257 e. The number of carbonyl (C=O) groups is 1. The Morgan fingerprint density at radius 2 is 2.15 bits per heavy atom. The number of terminal acetylenes is 1.